The maximum Gasteiger partial charge on any atom is 0.251 e. The van der Waals surface area contributed by atoms with E-state index in [1.165, 1.54) is 29.5 Å². The predicted octanol–water partition coefficient (Wildman–Crippen LogP) is -0.217. The molecule has 0 unspecified atom stereocenters. The minimum absolute atomic E-state index is 0. The minimum Gasteiger partial charge on any atom is -0.504 e. The van der Waals surface area contributed by atoms with Crippen LogP contribution in [0, 0.1) is 5.92 Å². The first-order valence-corrected chi connectivity index (χ1v) is 32.2. The molecule has 94 heavy (non-hydrogen) atoms. The molecule has 3 aromatic carbocycles. The lowest BCUT2D eigenvalue weighted by Gasteiger charge is -2.34. The zero-order valence-electron chi connectivity index (χ0n) is 52.6. The van der Waals surface area contributed by atoms with Gasteiger partial charge in [0.2, 0.25) is 35.4 Å². The van der Waals surface area contributed by atoms with Gasteiger partial charge in [-0.3, -0.25) is 33.6 Å². The van der Waals surface area contributed by atoms with Gasteiger partial charge in [-0.25, -0.2) is 0 Å². The summed E-state index contributed by atoms with van der Waals surface area (Å²) < 4.78 is 11.0. The number of aliphatic hydroxyl groups excluding tert-OH is 6. The van der Waals surface area contributed by atoms with Crippen LogP contribution in [0.4, 0.5) is 0 Å². The van der Waals surface area contributed by atoms with E-state index in [1.54, 1.807) is 26.2 Å². The van der Waals surface area contributed by atoms with E-state index in [2.05, 4.69) is 47.4 Å². The number of piperidine rings is 1. The first kappa shape index (κ1) is 76.2. The van der Waals surface area contributed by atoms with Crippen LogP contribution >= 0.6 is 36.2 Å². The van der Waals surface area contributed by atoms with Crippen LogP contribution in [-0.2, 0) is 39.9 Å². The molecule has 7 amide bonds. The summed E-state index contributed by atoms with van der Waals surface area (Å²) in [6.07, 6.45) is -4.94. The molecule has 8 rings (SSSR count). The summed E-state index contributed by atoms with van der Waals surface area (Å²) in [5, 5.41) is 119. The van der Waals surface area contributed by atoms with Gasteiger partial charge in [0.05, 0.1) is 43.2 Å². The van der Waals surface area contributed by atoms with Gasteiger partial charge in [-0.2, -0.15) is 0 Å². The third kappa shape index (κ3) is 20.3. The largest absolute Gasteiger partial charge is 0.504 e. The number of phenols is 2. The summed E-state index contributed by atoms with van der Waals surface area (Å²) in [5.41, 5.74) is 1.60. The quantitative estimate of drug-likeness (QED) is 0.0357. The molecule has 4 aromatic rings. The summed E-state index contributed by atoms with van der Waals surface area (Å²) in [5.74, 6) is -8.63. The Kier molecular flexibility index (Phi) is 29.4. The lowest BCUT2D eigenvalue weighted by atomic mass is 9.98. The Balaban J connectivity index is 0.00000700. The molecule has 0 aliphatic carbocycles. The molecule has 4 aliphatic rings. The number of unbranched alkanes of at least 4 members (excludes halogenated alkanes) is 4. The van der Waals surface area contributed by atoms with Crippen molar-refractivity contribution in [1.29, 1.82) is 0 Å². The molecule has 0 radical (unpaired) electrons. The lowest BCUT2D eigenvalue weighted by molar-refractivity contribution is -0.147. The number of hydrogen-bond donors (Lipinski definition) is 15. The molecule has 4 fully saturated rings. The first-order valence-electron chi connectivity index (χ1n) is 31.4. The van der Waals surface area contributed by atoms with E-state index in [4.69, 9.17) is 9.47 Å². The van der Waals surface area contributed by atoms with E-state index in [1.807, 2.05) is 24.3 Å². The molecule has 0 bridgehead atoms. The van der Waals surface area contributed by atoms with E-state index in [-0.39, 0.29) is 61.5 Å². The molecular formula is C63H89Cl2N11O17S. The van der Waals surface area contributed by atoms with Gasteiger partial charge in [0.25, 0.3) is 5.91 Å². The molecule has 28 nitrogen and oxygen atoms in total. The van der Waals surface area contributed by atoms with Crippen LogP contribution in [0.1, 0.15) is 94.0 Å². The highest BCUT2D eigenvalue weighted by Gasteiger charge is 2.50. The van der Waals surface area contributed by atoms with Crippen molar-refractivity contribution in [2.75, 3.05) is 59.6 Å². The standard InChI is InChI=1S/C63H87N11O17S.2ClH/c1-34-32-74-53(54(34)82)59(87)66-31-41(76)29-44(67-55(83)37-10-12-38(13-11-37)60-71-72-61(92-60)39-14-16-43(17-15-39)91-26-8-6-4-5-7-25-90-3)56(84)68-50(35(2)75)62(88)73-33-42(77)30-45(73)57(85)69-51(49(81)28-36-9-18-46(78)48(80)27-36)58(86)70-52(63(74)89)47(79)21-24-65-40-19-22-64-23-20-40;;/h9-18,27,34-35,40-42,44-45,47,49-54,64-65,75-82H,4-8,19-26,28-33H2,1-3H3,(H,66,87)(H,67,83)(H,68,84)(H,69,85)(H,70,86);2*1H/t34-,35+,41+,42+,44+,45+,47-,49-,50+,51+,52+,53+,54+;;/m1../s1. The SMILES string of the molecule is COCCCCCCCOc1ccc(-c2nnc(-c3ccc(C(=O)N[C@H]4C[C@H](O)CNC(=O)[C@@H]5[C@@H](O)[C@H](C)CN5C(=O)[C@H]([C@H](O)CCNC5CCNCC5)NC(=O)[C@H]([C@H](O)Cc5ccc(O)c(O)c5)NC(=O)[C@@H]5C[C@H](O)CN5C(=O)[C@H]([C@H](C)O)NC4=O)cc3)s2)cc1.Cl.Cl. The molecular weight excluding hydrogens is 1290 g/mol. The highest BCUT2D eigenvalue weighted by molar-refractivity contribution is 7.17. The second kappa shape index (κ2) is 36.3. The van der Waals surface area contributed by atoms with Gasteiger partial charge < -0.3 is 97.3 Å². The highest BCUT2D eigenvalue weighted by Crippen LogP contribution is 2.32. The first-order chi connectivity index (χ1) is 44.1. The average molecular weight is 1380 g/mol. The van der Waals surface area contributed by atoms with Crippen LogP contribution in [0.15, 0.2) is 66.7 Å². The number of β-amino-alcohol motifs (C(OH)–C–C–N with tert-alkyl or cyclic N) is 1. The van der Waals surface area contributed by atoms with Gasteiger partial charge in [-0.15, -0.1) is 35.0 Å². The number of benzene rings is 3. The van der Waals surface area contributed by atoms with Crippen molar-refractivity contribution in [1.82, 2.24) is 57.2 Å². The maximum absolute atomic E-state index is 15.0. The van der Waals surface area contributed by atoms with Crippen LogP contribution in [-0.4, -0.2) is 241 Å². The van der Waals surface area contributed by atoms with E-state index < -0.39 is 164 Å². The molecule has 0 spiro atoms. The summed E-state index contributed by atoms with van der Waals surface area (Å²) >= 11 is 1.31. The monoisotopic (exact) mass is 1370 g/mol. The molecule has 5 heterocycles. The van der Waals surface area contributed by atoms with Crippen molar-refractivity contribution in [3.8, 4) is 38.4 Å². The van der Waals surface area contributed by atoms with Gasteiger partial charge in [0, 0.05) is 81.3 Å². The number of carbonyl (C=O) groups is 7. The number of phenolic OH excluding ortho intramolecular Hbond substituents is 2. The Morgan fingerprint density at radius 3 is 1.97 bits per heavy atom. The number of fused-ring (bicyclic) bond motifs is 2. The molecule has 4 saturated heterocycles. The summed E-state index contributed by atoms with van der Waals surface area (Å²) in [4.78, 5) is 104. The predicted molar refractivity (Wildman–Crippen MR) is 349 cm³/mol. The minimum atomic E-state index is -2.05. The van der Waals surface area contributed by atoms with E-state index in [9.17, 15) is 69.6 Å². The van der Waals surface area contributed by atoms with Crippen molar-refractivity contribution in [3.63, 3.8) is 0 Å². The molecule has 4 aliphatic heterocycles. The second-order valence-electron chi connectivity index (χ2n) is 24.2. The van der Waals surface area contributed by atoms with Crippen LogP contribution in [0.3, 0.4) is 0 Å². The Bertz CT molecular complexity index is 3150. The van der Waals surface area contributed by atoms with Crippen LogP contribution in [0.25, 0.3) is 21.1 Å². The third-order valence-electron chi connectivity index (χ3n) is 17.1. The van der Waals surface area contributed by atoms with Gasteiger partial charge in [0.15, 0.2) is 11.5 Å². The fourth-order valence-electron chi connectivity index (χ4n) is 11.8. The van der Waals surface area contributed by atoms with Crippen molar-refractivity contribution < 1.29 is 83.9 Å². The van der Waals surface area contributed by atoms with Crippen LogP contribution in [0.2, 0.25) is 0 Å². The normalized spacial score (nSPS) is 25.4. The molecule has 518 valence electrons. The number of ether oxygens (including phenoxy) is 2. The third-order valence-corrected chi connectivity index (χ3v) is 18.1. The Morgan fingerprint density at radius 2 is 1.32 bits per heavy atom. The van der Waals surface area contributed by atoms with Crippen molar-refractivity contribution >= 4 is 77.5 Å². The number of nitrogens with one attached hydrogen (secondary N) is 7. The van der Waals surface area contributed by atoms with E-state index in [0.717, 1.165) is 105 Å². The van der Waals surface area contributed by atoms with Crippen molar-refractivity contribution in [3.05, 3.63) is 77.9 Å². The number of aliphatic hydroxyl groups is 6. The zero-order valence-corrected chi connectivity index (χ0v) is 55.1. The van der Waals surface area contributed by atoms with Crippen molar-refractivity contribution in [2.45, 2.75) is 163 Å². The average Bonchev–Trinajstić information content (AvgIpc) is 1.62. The zero-order chi connectivity index (χ0) is 66.2. The smallest absolute Gasteiger partial charge is 0.251 e. The number of aromatic nitrogens is 2. The Morgan fingerprint density at radius 1 is 0.702 bits per heavy atom. The Hall–Kier alpha value is -6.87. The molecule has 15 N–H and O–H groups in total. The Labute approximate surface area is 561 Å². The van der Waals surface area contributed by atoms with Crippen LogP contribution < -0.4 is 42.0 Å². The summed E-state index contributed by atoms with van der Waals surface area (Å²) in [7, 11) is 1.70. The van der Waals surface area contributed by atoms with E-state index >= 15 is 4.79 Å². The van der Waals surface area contributed by atoms with Crippen LogP contribution in [0.5, 0.6) is 17.2 Å². The maximum atomic E-state index is 15.0. The number of amides is 7. The summed E-state index contributed by atoms with van der Waals surface area (Å²) in [6.45, 7) is 4.23. The molecule has 1 aromatic heterocycles. The number of carbonyl (C=O) groups excluding carboxylic acids is 7. The fraction of sp³-hybridized carbons (Fsp3) is 0.571. The molecule has 31 heteroatoms. The second-order valence-corrected chi connectivity index (χ2v) is 25.2. The lowest BCUT2D eigenvalue weighted by Crippen LogP contribution is -2.64. The van der Waals surface area contributed by atoms with Gasteiger partial charge >= 0.3 is 0 Å². The summed E-state index contributed by atoms with van der Waals surface area (Å²) in [6, 6.07) is 6.33. The van der Waals surface area contributed by atoms with Gasteiger partial charge in [0.1, 0.15) is 52.0 Å². The number of methoxy groups -OCH3 is 1. The van der Waals surface area contributed by atoms with Crippen molar-refractivity contribution in [2.24, 2.45) is 5.92 Å². The number of hydrogen-bond acceptors (Lipinski definition) is 22. The number of nitrogens with zero attached hydrogens (tertiary/aromatic N) is 4. The molecule has 0 saturated carbocycles. The topological polar surface area (TPSA) is 416 Å². The van der Waals surface area contributed by atoms with Gasteiger partial charge in [-0.1, -0.05) is 55.7 Å². The van der Waals surface area contributed by atoms with Gasteiger partial charge in [-0.05, 0) is 113 Å². The number of halogens is 2. The number of aromatic hydroxyl groups is 2. The fourth-order valence-corrected chi connectivity index (χ4v) is 12.7. The van der Waals surface area contributed by atoms with E-state index in [0.29, 0.717) is 22.2 Å². The highest BCUT2D eigenvalue weighted by atomic mass is 35.5. The molecule has 13 atom stereocenters. The number of rotatable bonds is 22.